The molecule has 456 valence electrons. The van der Waals surface area contributed by atoms with Crippen molar-refractivity contribution in [3.05, 3.63) is 134 Å². The molecule has 0 aliphatic rings. The van der Waals surface area contributed by atoms with Crippen LogP contribution in [0.15, 0.2) is 134 Å². The lowest BCUT2D eigenvalue weighted by Crippen LogP contribution is -2.00. The zero-order valence-corrected chi connectivity index (χ0v) is 56.6. The van der Waals surface area contributed by atoms with Crippen molar-refractivity contribution >= 4 is 0 Å². The van der Waals surface area contributed by atoms with Gasteiger partial charge in [-0.25, -0.2) is 0 Å². The molecular weight excluding hydrogens is 937 g/mol. The van der Waals surface area contributed by atoms with Gasteiger partial charge in [0, 0.05) is 0 Å². The van der Waals surface area contributed by atoms with Gasteiger partial charge in [-0.2, -0.15) is 0 Å². The molecule has 0 radical (unpaired) electrons. The Morgan fingerprint density at radius 2 is 0.526 bits per heavy atom. The maximum absolute atomic E-state index is 4.18. The van der Waals surface area contributed by atoms with Gasteiger partial charge in [0.05, 0.1) is 0 Å². The van der Waals surface area contributed by atoms with Gasteiger partial charge in [-0.3, -0.25) is 0 Å². The minimum absolute atomic E-state index is 0.832. The van der Waals surface area contributed by atoms with Crippen LogP contribution in [0.4, 0.5) is 0 Å². The van der Waals surface area contributed by atoms with E-state index in [2.05, 4.69) is 176 Å². The van der Waals surface area contributed by atoms with Crippen molar-refractivity contribution in [1.29, 1.82) is 0 Å². The first kappa shape index (κ1) is 84.0. The van der Waals surface area contributed by atoms with Crippen LogP contribution < -0.4 is 0 Å². The molecule has 0 saturated heterocycles. The van der Waals surface area contributed by atoms with Crippen molar-refractivity contribution in [2.75, 3.05) is 0 Å². The summed E-state index contributed by atoms with van der Waals surface area (Å²) in [6.07, 6.45) is 44.8. The average molecular weight is 1080 g/mol. The number of unbranched alkanes of at least 4 members (excludes halogenated alkanes) is 1. The summed E-state index contributed by atoms with van der Waals surface area (Å²) < 4.78 is 0. The summed E-state index contributed by atoms with van der Waals surface area (Å²) in [5, 5.41) is 0. The lowest BCUT2D eigenvalue weighted by atomic mass is 9.90. The second kappa shape index (κ2) is 60.2. The molecule has 0 fully saturated rings. The van der Waals surface area contributed by atoms with E-state index in [0.717, 1.165) is 81.0 Å². The summed E-state index contributed by atoms with van der Waals surface area (Å²) in [6.45, 7) is 78.1. The second-order valence-corrected chi connectivity index (χ2v) is 24.8. The van der Waals surface area contributed by atoms with E-state index in [1.807, 2.05) is 0 Å². The standard InChI is InChI=1S/2C17H30.2C15H28.C14H28/c1-7-15(5)13-16(6)10-12-17(8-2)11-9-14(3)4;1-7-9-17(8-2)11-10-15(5)13-16(6)12-14(3)4;1-6-8-14(5)10-12-15(7-2)11-9-13(3)4;1-6-8-15(7-2)12-11-14(5)10-9-13(3)4;1-5-8-10-13(4)11-12-14(7-3)9-6-2/h2*17H,3,5-13H2,1-2,4H3;2*15H,3,5-12H2,1-2,4H3;14H,4-12H2,1-3H3. The van der Waals surface area contributed by atoms with Gasteiger partial charge in [-0.15, -0.1) is 19.7 Å². The van der Waals surface area contributed by atoms with Gasteiger partial charge >= 0.3 is 0 Å². The van der Waals surface area contributed by atoms with Crippen molar-refractivity contribution in [2.45, 2.75) is 335 Å². The van der Waals surface area contributed by atoms with E-state index in [4.69, 9.17) is 0 Å². The van der Waals surface area contributed by atoms with Crippen LogP contribution in [0, 0.1) is 29.6 Å². The van der Waals surface area contributed by atoms with Crippen molar-refractivity contribution < 1.29 is 0 Å². The van der Waals surface area contributed by atoms with Crippen molar-refractivity contribution in [3.63, 3.8) is 0 Å². The van der Waals surface area contributed by atoms with Crippen LogP contribution in [-0.2, 0) is 0 Å². The summed E-state index contributed by atoms with van der Waals surface area (Å²) in [7, 11) is 0. The van der Waals surface area contributed by atoms with Crippen LogP contribution in [0.25, 0.3) is 0 Å². The molecule has 0 aromatic carbocycles. The number of hydrogen-bond acceptors (Lipinski definition) is 0. The molecule has 0 heteroatoms. The van der Waals surface area contributed by atoms with Gasteiger partial charge in [-0.05, 0) is 205 Å². The number of allylic oxidation sites excluding steroid dienone is 11. The summed E-state index contributed by atoms with van der Waals surface area (Å²) in [4.78, 5) is 0. The fourth-order valence-corrected chi connectivity index (χ4v) is 9.97. The van der Waals surface area contributed by atoms with E-state index in [0.29, 0.717) is 0 Å². The van der Waals surface area contributed by atoms with E-state index < -0.39 is 0 Å². The molecule has 0 rings (SSSR count). The maximum atomic E-state index is 4.18. The van der Waals surface area contributed by atoms with Gasteiger partial charge in [0.1, 0.15) is 0 Å². The summed E-state index contributed by atoms with van der Waals surface area (Å²) >= 11 is 0. The van der Waals surface area contributed by atoms with Crippen LogP contribution in [0.5, 0.6) is 0 Å². The van der Waals surface area contributed by atoms with E-state index in [-0.39, 0.29) is 0 Å². The first-order valence-electron chi connectivity index (χ1n) is 33.2. The molecule has 0 aliphatic carbocycles. The fraction of sp³-hybridized carbons (Fsp3) is 0.718. The van der Waals surface area contributed by atoms with Crippen LogP contribution >= 0.6 is 0 Å². The molecule has 0 aliphatic heterocycles. The smallest absolute Gasteiger partial charge is 0.0111 e. The highest BCUT2D eigenvalue weighted by atomic mass is 14.2. The highest BCUT2D eigenvalue weighted by Crippen LogP contribution is 2.27. The van der Waals surface area contributed by atoms with E-state index in [1.165, 1.54) is 241 Å². The van der Waals surface area contributed by atoms with Crippen LogP contribution in [0.3, 0.4) is 0 Å². The molecule has 0 aromatic rings. The largest absolute Gasteiger partial charge is 0.100 e. The van der Waals surface area contributed by atoms with E-state index in [1.54, 1.807) is 0 Å². The van der Waals surface area contributed by atoms with E-state index >= 15 is 0 Å². The predicted octanol–water partition coefficient (Wildman–Crippen LogP) is 28.5. The summed E-state index contributed by atoms with van der Waals surface area (Å²) in [5.74, 6) is 4.44. The molecule has 0 N–H and O–H groups in total. The predicted molar refractivity (Wildman–Crippen MR) is 369 cm³/mol. The summed E-state index contributed by atoms with van der Waals surface area (Å²) in [6, 6.07) is 0. The monoisotopic (exact) mass is 1080 g/mol. The van der Waals surface area contributed by atoms with Crippen molar-refractivity contribution in [1.82, 2.24) is 0 Å². The fourth-order valence-electron chi connectivity index (χ4n) is 9.97. The third-order valence-corrected chi connectivity index (χ3v) is 15.9. The minimum atomic E-state index is 0.832. The maximum Gasteiger partial charge on any atom is -0.0111 e. The van der Waals surface area contributed by atoms with Gasteiger partial charge in [0.2, 0.25) is 0 Å². The molecule has 5 atom stereocenters. The van der Waals surface area contributed by atoms with Gasteiger partial charge in [0.15, 0.2) is 0 Å². The Labute approximate surface area is 495 Å². The minimum Gasteiger partial charge on any atom is -0.100 e. The Bertz CT molecular complexity index is 1560. The SMILES string of the molecule is C=C(C)CC(=C)CC(=C)CCC(CC)CCC.C=C(C)CCC(=C)CCC(CC)CCC.C=C(C)CCC(CC)CCC(=C)CC(=C)CC.C=C(C)CCC(CC)CCC(=C)CCC.C=C(CCCC)CCC(CC)CCC. The second-order valence-electron chi connectivity index (χ2n) is 24.8. The quantitative estimate of drug-likeness (QED) is 0.0533. The molecule has 0 bridgehead atoms. The summed E-state index contributed by atoms with van der Waals surface area (Å²) in [5.41, 5.74) is 14.7. The molecule has 0 saturated carbocycles. The Morgan fingerprint density at radius 3 is 0.808 bits per heavy atom. The van der Waals surface area contributed by atoms with Gasteiger partial charge in [-0.1, -0.05) is 274 Å². The zero-order valence-electron chi connectivity index (χ0n) is 56.6. The normalized spacial score (nSPS) is 12.4. The Kier molecular flexibility index (Phi) is 64.8. The first-order valence-corrected chi connectivity index (χ1v) is 33.2. The van der Waals surface area contributed by atoms with E-state index in [9.17, 15) is 0 Å². The van der Waals surface area contributed by atoms with Crippen LogP contribution in [-0.4, -0.2) is 0 Å². The number of hydrogen-bond donors (Lipinski definition) is 0. The third-order valence-electron chi connectivity index (χ3n) is 15.9. The van der Waals surface area contributed by atoms with Gasteiger partial charge in [0.25, 0.3) is 0 Å². The molecule has 0 aromatic heterocycles. The third kappa shape index (κ3) is 64.0. The Hall–Kier alpha value is -2.86. The average Bonchev–Trinajstić information content (AvgIpc) is 3.39. The zero-order chi connectivity index (χ0) is 60.7. The van der Waals surface area contributed by atoms with Crippen molar-refractivity contribution in [2.24, 2.45) is 29.6 Å². The lowest BCUT2D eigenvalue weighted by molar-refractivity contribution is 0.429. The topological polar surface area (TPSA) is 0 Å². The van der Waals surface area contributed by atoms with Crippen LogP contribution in [0.2, 0.25) is 0 Å². The first-order chi connectivity index (χ1) is 36.9. The molecule has 0 heterocycles. The molecule has 0 amide bonds. The van der Waals surface area contributed by atoms with Crippen LogP contribution in [0.1, 0.15) is 335 Å². The highest BCUT2D eigenvalue weighted by molar-refractivity contribution is 5.15. The Morgan fingerprint density at radius 1 is 0.231 bits per heavy atom. The molecule has 0 spiro atoms. The Balaban J connectivity index is -0.000000285. The molecule has 0 nitrogen and oxygen atoms in total. The number of rotatable bonds is 47. The molecular formula is C78H144. The van der Waals surface area contributed by atoms with Crippen molar-refractivity contribution in [3.8, 4) is 0 Å². The molecule has 5 unspecified atom stereocenters. The lowest BCUT2D eigenvalue weighted by Gasteiger charge is -2.16. The van der Waals surface area contributed by atoms with Gasteiger partial charge < -0.3 is 0 Å². The molecule has 78 heavy (non-hydrogen) atoms. The highest BCUT2D eigenvalue weighted by Gasteiger charge is 2.11.